The van der Waals surface area contributed by atoms with Crippen molar-refractivity contribution in [1.29, 1.82) is 0 Å². The lowest BCUT2D eigenvalue weighted by Gasteiger charge is -2.28. The minimum absolute atomic E-state index is 0.109. The number of benzene rings is 1. The van der Waals surface area contributed by atoms with E-state index in [1.807, 2.05) is 12.1 Å². The van der Waals surface area contributed by atoms with Crippen molar-refractivity contribution in [3.63, 3.8) is 0 Å². The highest BCUT2D eigenvalue weighted by Crippen LogP contribution is 2.08. The van der Waals surface area contributed by atoms with Gasteiger partial charge in [-0.1, -0.05) is 24.3 Å². The van der Waals surface area contributed by atoms with Gasteiger partial charge >= 0.3 is 0 Å². The van der Waals surface area contributed by atoms with E-state index in [9.17, 15) is 0 Å². The van der Waals surface area contributed by atoms with Crippen LogP contribution >= 0.6 is 0 Å². The molecule has 1 atom stereocenters. The molecular formula is C14H22N2O2. The summed E-state index contributed by atoms with van der Waals surface area (Å²) < 4.78 is 5.69. The highest BCUT2D eigenvalue weighted by Gasteiger charge is 2.15. The maximum absolute atomic E-state index is 8.99. The minimum Gasteiger partial charge on any atom is -0.392 e. The summed E-state index contributed by atoms with van der Waals surface area (Å²) in [5.41, 5.74) is 2.22. The Morgan fingerprint density at radius 1 is 1.33 bits per heavy atom. The fourth-order valence-corrected chi connectivity index (χ4v) is 2.21. The average molecular weight is 250 g/mol. The fraction of sp³-hybridized carbons (Fsp3) is 0.571. The van der Waals surface area contributed by atoms with Crippen molar-refractivity contribution in [2.24, 2.45) is 0 Å². The molecule has 0 spiro atoms. The van der Waals surface area contributed by atoms with Gasteiger partial charge in [0.1, 0.15) is 0 Å². The third kappa shape index (κ3) is 4.07. The van der Waals surface area contributed by atoms with Gasteiger partial charge in [0, 0.05) is 26.2 Å². The highest BCUT2D eigenvalue weighted by atomic mass is 16.5. The maximum Gasteiger partial charge on any atom is 0.0826 e. The topological polar surface area (TPSA) is 44.7 Å². The lowest BCUT2D eigenvalue weighted by molar-refractivity contribution is 0.00885. The number of hydrogen-bond acceptors (Lipinski definition) is 4. The van der Waals surface area contributed by atoms with E-state index in [0.717, 1.165) is 38.3 Å². The summed E-state index contributed by atoms with van der Waals surface area (Å²) in [5.74, 6) is 0. The highest BCUT2D eigenvalue weighted by molar-refractivity contribution is 5.21. The molecule has 1 fully saturated rings. The van der Waals surface area contributed by atoms with Gasteiger partial charge < -0.3 is 15.2 Å². The number of aliphatic hydroxyl groups is 1. The summed E-state index contributed by atoms with van der Waals surface area (Å²) in [7, 11) is 2.11. The molecule has 2 N–H and O–H groups in total. The Balaban J connectivity index is 1.80. The number of aliphatic hydroxyl groups excluding tert-OH is 1. The Morgan fingerprint density at radius 2 is 2.06 bits per heavy atom. The van der Waals surface area contributed by atoms with Gasteiger partial charge in [0.15, 0.2) is 0 Å². The third-order valence-electron chi connectivity index (χ3n) is 3.18. The summed E-state index contributed by atoms with van der Waals surface area (Å²) in [6, 6.07) is 8.09. The van der Waals surface area contributed by atoms with Crippen LogP contribution in [-0.4, -0.2) is 49.4 Å². The van der Waals surface area contributed by atoms with E-state index in [-0.39, 0.29) is 6.61 Å². The van der Waals surface area contributed by atoms with Crippen molar-refractivity contribution in [2.45, 2.75) is 19.3 Å². The summed E-state index contributed by atoms with van der Waals surface area (Å²) in [4.78, 5) is 2.27. The van der Waals surface area contributed by atoms with Gasteiger partial charge in [-0.15, -0.1) is 0 Å². The molecule has 1 saturated heterocycles. The van der Waals surface area contributed by atoms with Crippen molar-refractivity contribution in [3.8, 4) is 0 Å². The second-order valence-corrected chi connectivity index (χ2v) is 4.87. The lowest BCUT2D eigenvalue weighted by Crippen LogP contribution is -2.44. The Labute approximate surface area is 109 Å². The zero-order valence-corrected chi connectivity index (χ0v) is 10.9. The van der Waals surface area contributed by atoms with E-state index in [1.165, 1.54) is 5.56 Å². The Bertz CT molecular complexity index is 347. The number of hydrogen-bond donors (Lipinski definition) is 2. The predicted octanol–water partition coefficient (Wildman–Crippen LogP) is 0.599. The van der Waals surface area contributed by atoms with E-state index in [2.05, 4.69) is 29.4 Å². The Hall–Kier alpha value is -0.940. The van der Waals surface area contributed by atoms with Gasteiger partial charge in [-0.2, -0.15) is 0 Å². The SMILES string of the molecule is CN(Cc1ccc(CO)cc1)CC1CNCCO1. The summed E-state index contributed by atoms with van der Waals surface area (Å²) >= 11 is 0. The van der Waals surface area contributed by atoms with Crippen LogP contribution in [0, 0.1) is 0 Å². The normalized spacial score (nSPS) is 20.3. The lowest BCUT2D eigenvalue weighted by atomic mass is 10.1. The van der Waals surface area contributed by atoms with Crippen LogP contribution in [0.2, 0.25) is 0 Å². The Kier molecular flexibility index (Phi) is 5.13. The van der Waals surface area contributed by atoms with Gasteiger partial charge in [0.05, 0.1) is 19.3 Å². The summed E-state index contributed by atoms with van der Waals surface area (Å²) in [6.45, 7) is 4.67. The molecule has 0 aliphatic carbocycles. The molecule has 1 aromatic rings. The zero-order chi connectivity index (χ0) is 12.8. The Morgan fingerprint density at radius 3 is 2.67 bits per heavy atom. The number of ether oxygens (including phenoxy) is 1. The van der Waals surface area contributed by atoms with E-state index in [0.29, 0.717) is 6.10 Å². The van der Waals surface area contributed by atoms with Gasteiger partial charge in [-0.3, -0.25) is 4.90 Å². The van der Waals surface area contributed by atoms with Gasteiger partial charge in [0.25, 0.3) is 0 Å². The molecule has 0 amide bonds. The van der Waals surface area contributed by atoms with Crippen molar-refractivity contribution in [3.05, 3.63) is 35.4 Å². The first-order chi connectivity index (χ1) is 8.78. The first-order valence-electron chi connectivity index (χ1n) is 6.47. The van der Waals surface area contributed by atoms with Crippen molar-refractivity contribution >= 4 is 0 Å². The van der Waals surface area contributed by atoms with Crippen LogP contribution in [0.5, 0.6) is 0 Å². The molecule has 0 aromatic heterocycles. The molecule has 1 aliphatic heterocycles. The number of nitrogens with one attached hydrogen (secondary N) is 1. The molecule has 0 radical (unpaired) electrons. The molecule has 0 bridgehead atoms. The van der Waals surface area contributed by atoms with Crippen molar-refractivity contribution in [2.75, 3.05) is 33.3 Å². The zero-order valence-electron chi connectivity index (χ0n) is 10.9. The maximum atomic E-state index is 8.99. The molecule has 1 heterocycles. The summed E-state index contributed by atoms with van der Waals surface area (Å²) in [6.07, 6.45) is 0.292. The van der Waals surface area contributed by atoms with Crippen LogP contribution in [0.1, 0.15) is 11.1 Å². The molecule has 2 rings (SSSR count). The second kappa shape index (κ2) is 6.85. The van der Waals surface area contributed by atoms with Crippen LogP contribution in [0.25, 0.3) is 0 Å². The number of likely N-dealkylation sites (N-methyl/N-ethyl adjacent to an activating group) is 1. The van der Waals surface area contributed by atoms with Crippen LogP contribution in [-0.2, 0) is 17.9 Å². The predicted molar refractivity (Wildman–Crippen MR) is 71.3 cm³/mol. The fourth-order valence-electron chi connectivity index (χ4n) is 2.21. The van der Waals surface area contributed by atoms with Crippen LogP contribution in [0.4, 0.5) is 0 Å². The average Bonchev–Trinajstić information content (AvgIpc) is 2.40. The van der Waals surface area contributed by atoms with Crippen LogP contribution in [0.15, 0.2) is 24.3 Å². The first kappa shape index (κ1) is 13.5. The third-order valence-corrected chi connectivity index (χ3v) is 3.18. The largest absolute Gasteiger partial charge is 0.392 e. The molecule has 1 aliphatic rings. The van der Waals surface area contributed by atoms with E-state index >= 15 is 0 Å². The quantitative estimate of drug-likeness (QED) is 0.803. The molecule has 4 nitrogen and oxygen atoms in total. The molecule has 18 heavy (non-hydrogen) atoms. The molecule has 1 aromatic carbocycles. The van der Waals surface area contributed by atoms with Crippen molar-refractivity contribution < 1.29 is 9.84 Å². The molecular weight excluding hydrogens is 228 g/mol. The molecule has 100 valence electrons. The molecule has 1 unspecified atom stereocenters. The smallest absolute Gasteiger partial charge is 0.0826 e. The number of rotatable bonds is 5. The van der Waals surface area contributed by atoms with E-state index in [1.54, 1.807) is 0 Å². The van der Waals surface area contributed by atoms with Gasteiger partial charge in [-0.05, 0) is 18.2 Å². The van der Waals surface area contributed by atoms with Crippen LogP contribution < -0.4 is 5.32 Å². The standard InChI is InChI=1S/C14H22N2O2/c1-16(10-14-8-15-6-7-18-14)9-12-2-4-13(11-17)5-3-12/h2-5,14-15,17H,6-11H2,1H3. The number of nitrogens with zero attached hydrogens (tertiary/aromatic N) is 1. The van der Waals surface area contributed by atoms with E-state index in [4.69, 9.17) is 9.84 Å². The minimum atomic E-state index is 0.109. The van der Waals surface area contributed by atoms with Crippen molar-refractivity contribution in [1.82, 2.24) is 10.2 Å². The number of morpholine rings is 1. The summed E-state index contributed by atoms with van der Waals surface area (Å²) in [5, 5.41) is 12.3. The molecule has 0 saturated carbocycles. The monoisotopic (exact) mass is 250 g/mol. The van der Waals surface area contributed by atoms with E-state index < -0.39 is 0 Å². The van der Waals surface area contributed by atoms with Crippen LogP contribution in [0.3, 0.4) is 0 Å². The first-order valence-corrected chi connectivity index (χ1v) is 6.47. The van der Waals surface area contributed by atoms with Gasteiger partial charge in [0.2, 0.25) is 0 Å². The van der Waals surface area contributed by atoms with Gasteiger partial charge in [-0.25, -0.2) is 0 Å². The molecule has 4 heteroatoms. The second-order valence-electron chi connectivity index (χ2n) is 4.87.